The van der Waals surface area contributed by atoms with Gasteiger partial charge in [-0.05, 0) is 12.1 Å². The topological polar surface area (TPSA) is 72.5 Å². The van der Waals surface area contributed by atoms with Crippen molar-refractivity contribution in [2.45, 2.75) is 19.1 Å². The molecule has 1 aromatic carbocycles. The van der Waals surface area contributed by atoms with Crippen molar-refractivity contribution in [3.8, 4) is 11.5 Å². The molecule has 0 saturated carbocycles. The molecule has 3 rings (SSSR count). The number of para-hydroxylation sites is 1. The minimum absolute atomic E-state index is 0.0881. The molecule has 2 aromatic rings. The van der Waals surface area contributed by atoms with E-state index in [1.165, 1.54) is 0 Å². The number of ether oxygens (including phenoxy) is 2. The van der Waals surface area contributed by atoms with E-state index in [4.69, 9.17) is 21.1 Å². The summed E-state index contributed by atoms with van der Waals surface area (Å²) >= 11 is 5.81. The van der Waals surface area contributed by atoms with Crippen molar-refractivity contribution in [1.82, 2.24) is 10.3 Å². The predicted octanol–water partition coefficient (Wildman–Crippen LogP) is 3.64. The van der Waals surface area contributed by atoms with Crippen molar-refractivity contribution < 1.29 is 27.4 Å². The maximum Gasteiger partial charge on any atom is 0.417 e. The summed E-state index contributed by atoms with van der Waals surface area (Å²) in [5.41, 5.74) is -0.135. The van der Waals surface area contributed by atoms with Gasteiger partial charge >= 0.3 is 6.18 Å². The average Bonchev–Trinajstić information content (AvgIpc) is 2.66. The molecule has 10 heteroatoms. The van der Waals surface area contributed by atoms with Gasteiger partial charge in [0.15, 0.2) is 11.5 Å². The van der Waals surface area contributed by atoms with Gasteiger partial charge in [0.05, 0.1) is 10.6 Å². The number of fused-ring (bicyclic) bond motifs is 1. The minimum atomic E-state index is -4.51. The largest absolute Gasteiger partial charge is 0.486 e. The molecule has 0 radical (unpaired) electrons. The molecule has 0 spiro atoms. The van der Waals surface area contributed by atoms with E-state index in [9.17, 15) is 18.0 Å². The Morgan fingerprint density at radius 1 is 1.25 bits per heavy atom. The molecule has 0 saturated heterocycles. The van der Waals surface area contributed by atoms with Crippen LogP contribution in [0.25, 0.3) is 0 Å². The molecular formula is C18H17ClF3N3O3. The van der Waals surface area contributed by atoms with Gasteiger partial charge in [-0.15, -0.1) is 0 Å². The predicted molar refractivity (Wildman–Crippen MR) is 96.6 cm³/mol. The zero-order valence-electron chi connectivity index (χ0n) is 14.6. The molecular weight excluding hydrogens is 399 g/mol. The van der Waals surface area contributed by atoms with Gasteiger partial charge in [-0.1, -0.05) is 23.7 Å². The summed E-state index contributed by atoms with van der Waals surface area (Å²) in [6.45, 7) is 1.36. The Morgan fingerprint density at radius 2 is 2.04 bits per heavy atom. The number of nitrogens with one attached hydrogen (secondary N) is 2. The lowest BCUT2D eigenvalue weighted by molar-refractivity contribution is -0.137. The van der Waals surface area contributed by atoms with E-state index in [2.05, 4.69) is 15.6 Å². The third-order valence-electron chi connectivity index (χ3n) is 3.94. The number of hydrogen-bond donors (Lipinski definition) is 2. The first kappa shape index (κ1) is 20.1. The van der Waals surface area contributed by atoms with Crippen LogP contribution >= 0.6 is 11.6 Å². The first-order valence-electron chi connectivity index (χ1n) is 8.45. The van der Waals surface area contributed by atoms with Gasteiger partial charge in [-0.2, -0.15) is 13.2 Å². The van der Waals surface area contributed by atoms with Crippen molar-refractivity contribution in [2.24, 2.45) is 0 Å². The molecule has 0 aliphatic carbocycles. The molecule has 0 atom stereocenters. The summed E-state index contributed by atoms with van der Waals surface area (Å²) in [6, 6.07) is 6.23. The molecule has 0 bridgehead atoms. The summed E-state index contributed by atoms with van der Waals surface area (Å²) in [7, 11) is 0. The standard InChI is InChI=1S/C18H17ClF3N3O3/c19-13-8-12(18(20,21)22)10-25-17(13)23-5-4-15(26)24-9-11-2-1-3-14-16(11)28-7-6-27-14/h1-3,8,10H,4-7,9H2,(H,23,25)(H,24,26). The molecule has 1 aromatic heterocycles. The molecule has 28 heavy (non-hydrogen) atoms. The van der Waals surface area contributed by atoms with E-state index < -0.39 is 11.7 Å². The zero-order valence-corrected chi connectivity index (χ0v) is 15.4. The van der Waals surface area contributed by atoms with Gasteiger partial charge in [-0.3, -0.25) is 4.79 Å². The number of hydrogen-bond acceptors (Lipinski definition) is 5. The Morgan fingerprint density at radius 3 is 2.79 bits per heavy atom. The van der Waals surface area contributed by atoms with Crippen molar-refractivity contribution in [3.05, 3.63) is 46.6 Å². The van der Waals surface area contributed by atoms with E-state index >= 15 is 0 Å². The third-order valence-corrected chi connectivity index (χ3v) is 4.22. The summed E-state index contributed by atoms with van der Waals surface area (Å²) in [5, 5.41) is 5.35. The van der Waals surface area contributed by atoms with Crippen LogP contribution in [-0.4, -0.2) is 30.6 Å². The zero-order chi connectivity index (χ0) is 20.1. The molecule has 150 valence electrons. The number of nitrogens with zero attached hydrogens (tertiary/aromatic N) is 1. The van der Waals surface area contributed by atoms with Crippen LogP contribution < -0.4 is 20.1 Å². The van der Waals surface area contributed by atoms with Crippen LogP contribution in [0.4, 0.5) is 19.0 Å². The second kappa shape index (κ2) is 8.55. The summed E-state index contributed by atoms with van der Waals surface area (Å²) in [5.74, 6) is 1.10. The number of pyridine rings is 1. The average molecular weight is 416 g/mol. The molecule has 1 aliphatic rings. The number of rotatable bonds is 6. The van der Waals surface area contributed by atoms with Crippen molar-refractivity contribution in [3.63, 3.8) is 0 Å². The van der Waals surface area contributed by atoms with Crippen LogP contribution in [0.5, 0.6) is 11.5 Å². The minimum Gasteiger partial charge on any atom is -0.486 e. The van der Waals surface area contributed by atoms with Gasteiger partial charge < -0.3 is 20.1 Å². The van der Waals surface area contributed by atoms with Crippen LogP contribution in [0.1, 0.15) is 17.5 Å². The Labute approximate surface area is 164 Å². The maximum absolute atomic E-state index is 12.6. The summed E-state index contributed by atoms with van der Waals surface area (Å²) < 4.78 is 48.9. The number of benzene rings is 1. The van der Waals surface area contributed by atoms with Crippen molar-refractivity contribution in [2.75, 3.05) is 25.1 Å². The lowest BCUT2D eigenvalue weighted by Gasteiger charge is -2.21. The highest BCUT2D eigenvalue weighted by Gasteiger charge is 2.31. The molecule has 2 heterocycles. The molecule has 1 amide bonds. The molecule has 0 fully saturated rings. The number of alkyl halides is 3. The Bertz CT molecular complexity index is 862. The van der Waals surface area contributed by atoms with Crippen molar-refractivity contribution in [1.29, 1.82) is 0 Å². The van der Waals surface area contributed by atoms with Gasteiger partial charge in [-0.25, -0.2) is 4.98 Å². The fourth-order valence-corrected chi connectivity index (χ4v) is 2.81. The van der Waals surface area contributed by atoms with E-state index in [1.54, 1.807) is 6.07 Å². The van der Waals surface area contributed by atoms with Gasteiger partial charge in [0.25, 0.3) is 0 Å². The molecule has 2 N–H and O–H groups in total. The fraction of sp³-hybridized carbons (Fsp3) is 0.333. The van der Waals surface area contributed by atoms with Crippen molar-refractivity contribution >= 4 is 23.3 Å². The second-order valence-electron chi connectivity index (χ2n) is 5.95. The number of carbonyl (C=O) groups excluding carboxylic acids is 1. The molecule has 1 aliphatic heterocycles. The van der Waals surface area contributed by atoms with Gasteiger partial charge in [0.2, 0.25) is 5.91 Å². The number of halogens is 4. The fourth-order valence-electron chi connectivity index (χ4n) is 2.57. The smallest absolute Gasteiger partial charge is 0.417 e. The summed E-state index contributed by atoms with van der Waals surface area (Å²) in [6.07, 6.45) is -3.74. The van der Waals surface area contributed by atoms with Crippen LogP contribution in [0.15, 0.2) is 30.5 Å². The van der Waals surface area contributed by atoms with E-state index in [0.717, 1.165) is 11.6 Å². The van der Waals surface area contributed by atoms with Gasteiger partial charge in [0.1, 0.15) is 19.0 Å². The molecule has 6 nitrogen and oxygen atoms in total. The van der Waals surface area contributed by atoms with Crippen LogP contribution in [0, 0.1) is 0 Å². The van der Waals surface area contributed by atoms with Crippen LogP contribution in [-0.2, 0) is 17.5 Å². The number of anilines is 1. The Balaban J connectivity index is 1.48. The van der Waals surface area contributed by atoms with Crippen LogP contribution in [0.3, 0.4) is 0 Å². The maximum atomic E-state index is 12.6. The highest BCUT2D eigenvalue weighted by Crippen LogP contribution is 2.34. The normalized spacial score (nSPS) is 13.1. The second-order valence-corrected chi connectivity index (χ2v) is 6.35. The van der Waals surface area contributed by atoms with Gasteiger partial charge in [0, 0.05) is 31.3 Å². The van der Waals surface area contributed by atoms with E-state index in [1.807, 2.05) is 12.1 Å². The number of carbonyl (C=O) groups is 1. The van der Waals surface area contributed by atoms with E-state index in [-0.39, 0.29) is 36.3 Å². The SMILES string of the molecule is O=C(CCNc1ncc(C(F)(F)F)cc1Cl)NCc1cccc2c1OCCO2. The first-order valence-corrected chi connectivity index (χ1v) is 8.83. The van der Waals surface area contributed by atoms with E-state index in [0.29, 0.717) is 30.9 Å². The lowest BCUT2D eigenvalue weighted by atomic mass is 10.1. The van der Waals surface area contributed by atoms with Crippen LogP contribution in [0.2, 0.25) is 5.02 Å². The first-order chi connectivity index (χ1) is 13.3. The lowest BCUT2D eigenvalue weighted by Crippen LogP contribution is -2.26. The summed E-state index contributed by atoms with van der Waals surface area (Å²) in [4.78, 5) is 15.7. The Hall–Kier alpha value is -2.68. The molecule has 0 unspecified atom stereocenters. The third kappa shape index (κ3) is 4.98. The quantitative estimate of drug-likeness (QED) is 0.753. The highest BCUT2D eigenvalue weighted by molar-refractivity contribution is 6.32. The highest BCUT2D eigenvalue weighted by atomic mass is 35.5. The monoisotopic (exact) mass is 415 g/mol. The number of amides is 1. The number of aromatic nitrogens is 1. The Kier molecular flexibility index (Phi) is 6.13.